The van der Waals surface area contributed by atoms with Gasteiger partial charge in [-0.1, -0.05) is 23.2 Å². The van der Waals surface area contributed by atoms with Gasteiger partial charge in [0.25, 0.3) is 0 Å². The first kappa shape index (κ1) is 17.0. The molecule has 9 heteroatoms. The van der Waals surface area contributed by atoms with Crippen molar-refractivity contribution < 1.29 is 13.2 Å². The van der Waals surface area contributed by atoms with Crippen molar-refractivity contribution in [1.82, 2.24) is 0 Å². The van der Waals surface area contributed by atoms with Crippen LogP contribution in [0.25, 0.3) is 0 Å². The molecule has 0 aliphatic carbocycles. The van der Waals surface area contributed by atoms with Crippen LogP contribution in [0.2, 0.25) is 10.0 Å². The second-order valence-electron chi connectivity index (χ2n) is 5.30. The van der Waals surface area contributed by atoms with Crippen molar-refractivity contribution in [2.24, 2.45) is 5.14 Å². The summed E-state index contributed by atoms with van der Waals surface area (Å²) in [6, 6.07) is 11.2. The minimum Gasteiger partial charge on any atom is -0.344 e. The molecule has 126 valence electrons. The largest absolute Gasteiger partial charge is 0.344 e. The summed E-state index contributed by atoms with van der Waals surface area (Å²) in [6.45, 7) is 0.490. The van der Waals surface area contributed by atoms with Crippen molar-refractivity contribution >= 4 is 50.5 Å². The van der Waals surface area contributed by atoms with Crippen molar-refractivity contribution in [2.45, 2.75) is 4.90 Å². The van der Waals surface area contributed by atoms with E-state index in [4.69, 9.17) is 28.3 Å². The number of hydrogen-bond donors (Lipinski definition) is 1. The summed E-state index contributed by atoms with van der Waals surface area (Å²) >= 11 is 12.0. The Hall–Kier alpha value is -1.80. The highest BCUT2D eigenvalue weighted by Gasteiger charge is 2.30. The molecule has 0 atom stereocenters. The quantitative estimate of drug-likeness (QED) is 0.879. The predicted molar refractivity (Wildman–Crippen MR) is 94.0 cm³/mol. The maximum Gasteiger partial charge on any atom is 0.248 e. The van der Waals surface area contributed by atoms with Gasteiger partial charge in [0.15, 0.2) is 0 Å². The van der Waals surface area contributed by atoms with E-state index in [0.717, 1.165) is 5.69 Å². The maximum absolute atomic E-state index is 12.3. The van der Waals surface area contributed by atoms with Crippen LogP contribution in [0.3, 0.4) is 0 Å². The molecule has 0 unspecified atom stereocenters. The molecule has 0 aromatic heterocycles. The minimum absolute atomic E-state index is 0.0996. The summed E-state index contributed by atoms with van der Waals surface area (Å²) in [5, 5.41) is 5.84. The molecule has 1 heterocycles. The topological polar surface area (TPSA) is 83.7 Å². The number of anilines is 2. The number of nitrogens with zero attached hydrogens (tertiary/aromatic N) is 2. The summed E-state index contributed by atoms with van der Waals surface area (Å²) in [5.74, 6) is -0.143. The Labute approximate surface area is 149 Å². The first-order valence-electron chi connectivity index (χ1n) is 6.89. The molecule has 1 fully saturated rings. The number of amides is 1. The highest BCUT2D eigenvalue weighted by Crippen LogP contribution is 2.32. The molecular weight excluding hydrogens is 373 g/mol. The van der Waals surface area contributed by atoms with Gasteiger partial charge in [-0.15, -0.1) is 0 Å². The van der Waals surface area contributed by atoms with Crippen LogP contribution in [0.4, 0.5) is 11.4 Å². The van der Waals surface area contributed by atoms with Crippen molar-refractivity contribution in [2.75, 3.05) is 23.0 Å². The lowest BCUT2D eigenvalue weighted by atomic mass is 10.3. The molecule has 0 spiro atoms. The zero-order valence-corrected chi connectivity index (χ0v) is 14.6. The lowest BCUT2D eigenvalue weighted by Gasteiger charge is -2.20. The molecule has 6 nitrogen and oxygen atoms in total. The third-order valence-electron chi connectivity index (χ3n) is 3.67. The number of carbonyl (C=O) groups excluding carboxylic acids is 1. The highest BCUT2D eigenvalue weighted by molar-refractivity contribution is 7.89. The van der Waals surface area contributed by atoms with E-state index >= 15 is 0 Å². The van der Waals surface area contributed by atoms with Gasteiger partial charge in [0.05, 0.1) is 28.8 Å². The van der Waals surface area contributed by atoms with Gasteiger partial charge in [0, 0.05) is 10.7 Å². The van der Waals surface area contributed by atoms with E-state index in [0.29, 0.717) is 17.4 Å². The molecule has 2 aromatic rings. The van der Waals surface area contributed by atoms with Crippen LogP contribution in [0, 0.1) is 0 Å². The van der Waals surface area contributed by atoms with Gasteiger partial charge in [-0.05, 0) is 42.5 Å². The van der Waals surface area contributed by atoms with Crippen LogP contribution in [-0.4, -0.2) is 27.5 Å². The monoisotopic (exact) mass is 385 g/mol. The van der Waals surface area contributed by atoms with E-state index in [1.807, 2.05) is 17.0 Å². The van der Waals surface area contributed by atoms with Gasteiger partial charge in [0.2, 0.25) is 15.9 Å². The average Bonchev–Trinajstić information content (AvgIpc) is 2.89. The number of primary sulfonamides is 1. The van der Waals surface area contributed by atoms with Crippen LogP contribution in [0.5, 0.6) is 0 Å². The lowest BCUT2D eigenvalue weighted by Crippen LogP contribution is -2.27. The SMILES string of the molecule is NS(=O)(=O)c1ccc(N2CN(c3ccc(Cl)cc3)CC2=O)c(Cl)c1. The number of nitrogens with two attached hydrogens (primary N) is 1. The summed E-state index contributed by atoms with van der Waals surface area (Å²) in [4.78, 5) is 15.6. The second kappa shape index (κ2) is 6.25. The molecule has 2 aromatic carbocycles. The van der Waals surface area contributed by atoms with Crippen LogP contribution in [0.1, 0.15) is 0 Å². The molecule has 2 N–H and O–H groups in total. The van der Waals surface area contributed by atoms with E-state index in [1.165, 1.54) is 23.1 Å². The van der Waals surface area contributed by atoms with Crippen LogP contribution < -0.4 is 14.9 Å². The van der Waals surface area contributed by atoms with E-state index in [2.05, 4.69) is 0 Å². The summed E-state index contributed by atoms with van der Waals surface area (Å²) in [5.41, 5.74) is 1.29. The van der Waals surface area contributed by atoms with E-state index in [1.54, 1.807) is 12.1 Å². The molecule has 1 aliphatic heterocycles. The number of carbonyl (C=O) groups is 1. The number of benzene rings is 2. The van der Waals surface area contributed by atoms with Gasteiger partial charge in [-0.25, -0.2) is 13.6 Å². The molecule has 0 saturated carbocycles. The first-order valence-corrected chi connectivity index (χ1v) is 9.19. The Bertz CT molecular complexity index is 901. The Kier molecular flexibility index (Phi) is 4.44. The van der Waals surface area contributed by atoms with Crippen LogP contribution in [-0.2, 0) is 14.8 Å². The number of rotatable bonds is 3. The smallest absolute Gasteiger partial charge is 0.248 e. The third kappa shape index (κ3) is 3.34. The number of halogens is 2. The fourth-order valence-electron chi connectivity index (χ4n) is 2.47. The molecule has 1 aliphatic rings. The molecule has 1 saturated heterocycles. The van der Waals surface area contributed by atoms with Gasteiger partial charge in [0.1, 0.15) is 0 Å². The maximum atomic E-state index is 12.3. The van der Waals surface area contributed by atoms with Gasteiger partial charge in [-0.3, -0.25) is 9.69 Å². The Morgan fingerprint density at radius 1 is 1.04 bits per heavy atom. The van der Waals surface area contributed by atoms with Crippen molar-refractivity contribution in [1.29, 1.82) is 0 Å². The lowest BCUT2D eigenvalue weighted by molar-refractivity contribution is -0.115. The van der Waals surface area contributed by atoms with Crippen LogP contribution >= 0.6 is 23.2 Å². The Balaban J connectivity index is 1.88. The van der Waals surface area contributed by atoms with E-state index in [-0.39, 0.29) is 22.4 Å². The predicted octanol–water partition coefficient (Wildman–Crippen LogP) is 2.45. The summed E-state index contributed by atoms with van der Waals surface area (Å²) in [6.07, 6.45) is 0. The number of hydrogen-bond acceptors (Lipinski definition) is 4. The fraction of sp³-hybridized carbons (Fsp3) is 0.133. The average molecular weight is 386 g/mol. The first-order chi connectivity index (χ1) is 11.3. The van der Waals surface area contributed by atoms with Crippen molar-refractivity contribution in [3.8, 4) is 0 Å². The normalized spacial score (nSPS) is 15.2. The molecule has 0 radical (unpaired) electrons. The molecular formula is C15H13Cl2N3O3S. The van der Waals surface area contributed by atoms with Gasteiger partial charge >= 0.3 is 0 Å². The zero-order chi connectivity index (χ0) is 17.5. The molecule has 24 heavy (non-hydrogen) atoms. The summed E-state index contributed by atoms with van der Waals surface area (Å²) < 4.78 is 22.7. The third-order valence-corrected chi connectivity index (χ3v) is 5.14. The van der Waals surface area contributed by atoms with Gasteiger partial charge < -0.3 is 4.90 Å². The summed E-state index contributed by atoms with van der Waals surface area (Å²) in [7, 11) is -3.85. The molecule has 1 amide bonds. The second-order valence-corrected chi connectivity index (χ2v) is 7.70. The molecule has 3 rings (SSSR count). The number of sulfonamides is 1. The highest BCUT2D eigenvalue weighted by atomic mass is 35.5. The Morgan fingerprint density at radius 2 is 1.71 bits per heavy atom. The van der Waals surface area contributed by atoms with Gasteiger partial charge in [-0.2, -0.15) is 0 Å². The van der Waals surface area contributed by atoms with Crippen LogP contribution in [0.15, 0.2) is 47.4 Å². The minimum atomic E-state index is -3.85. The molecule has 0 bridgehead atoms. The zero-order valence-electron chi connectivity index (χ0n) is 12.3. The standard InChI is InChI=1S/C15H13Cl2N3O3S/c16-10-1-3-11(4-2-10)19-8-15(21)20(9-19)14-6-5-12(7-13(14)17)24(18,22)23/h1-7H,8-9H2,(H2,18,22,23). The van der Waals surface area contributed by atoms with Crippen molar-refractivity contribution in [3.63, 3.8) is 0 Å². The Morgan fingerprint density at radius 3 is 2.29 bits per heavy atom. The van der Waals surface area contributed by atoms with Crippen molar-refractivity contribution in [3.05, 3.63) is 52.5 Å². The fourth-order valence-corrected chi connectivity index (χ4v) is 3.48. The van der Waals surface area contributed by atoms with E-state index in [9.17, 15) is 13.2 Å². The van der Waals surface area contributed by atoms with E-state index < -0.39 is 10.0 Å².